The van der Waals surface area contributed by atoms with Gasteiger partial charge in [0.05, 0.1) is 6.10 Å². The summed E-state index contributed by atoms with van der Waals surface area (Å²) in [6.07, 6.45) is 5.37. The zero-order chi connectivity index (χ0) is 17.6. The van der Waals surface area contributed by atoms with E-state index in [1.807, 2.05) is 35.2 Å². The number of hydrogen-bond donors (Lipinski definition) is 2. The number of carbonyl (C=O) groups is 1. The van der Waals surface area contributed by atoms with Gasteiger partial charge in [0.2, 0.25) is 5.56 Å². The first kappa shape index (κ1) is 17.4. The number of likely N-dealkylation sites (tertiary alicyclic amines) is 1. The molecule has 1 aliphatic heterocycles. The molecule has 1 saturated heterocycles. The number of carbonyl (C=O) groups excluding carboxylic acids is 1. The monoisotopic (exact) mass is 340 g/mol. The Morgan fingerprint density at radius 2 is 2.00 bits per heavy atom. The minimum atomic E-state index is -0.598. The first-order valence-electron chi connectivity index (χ1n) is 8.88. The van der Waals surface area contributed by atoms with Gasteiger partial charge in [-0.3, -0.25) is 9.59 Å². The Morgan fingerprint density at radius 3 is 2.76 bits per heavy atom. The molecule has 2 aromatic rings. The van der Waals surface area contributed by atoms with Crippen LogP contribution in [-0.2, 0) is 0 Å². The number of hydrogen-bond acceptors (Lipinski definition) is 3. The predicted octanol–water partition coefficient (Wildman–Crippen LogP) is 2.88. The van der Waals surface area contributed by atoms with Crippen LogP contribution in [0.2, 0.25) is 0 Å². The van der Waals surface area contributed by atoms with Crippen LogP contribution in [0.15, 0.2) is 53.5 Å². The van der Waals surface area contributed by atoms with Crippen molar-refractivity contribution in [3.8, 4) is 0 Å². The minimum Gasteiger partial charge on any atom is -0.388 e. The number of pyridine rings is 1. The van der Waals surface area contributed by atoms with E-state index in [1.165, 1.54) is 12.3 Å². The highest BCUT2D eigenvalue weighted by molar-refractivity contribution is 5.94. The van der Waals surface area contributed by atoms with E-state index in [4.69, 9.17) is 0 Å². The molecule has 0 aliphatic carbocycles. The molecule has 0 unspecified atom stereocenters. The lowest BCUT2D eigenvalue weighted by Gasteiger charge is -2.31. The summed E-state index contributed by atoms with van der Waals surface area (Å²) in [5, 5.41) is 10.6. The van der Waals surface area contributed by atoms with E-state index in [0.717, 1.165) is 31.2 Å². The lowest BCUT2D eigenvalue weighted by atomic mass is 9.97. The van der Waals surface area contributed by atoms with Crippen LogP contribution in [0.5, 0.6) is 0 Å². The van der Waals surface area contributed by atoms with Crippen LogP contribution in [0.1, 0.15) is 54.1 Å². The fraction of sp³-hybridized carbons (Fsp3) is 0.400. The lowest BCUT2D eigenvalue weighted by Crippen LogP contribution is -2.41. The van der Waals surface area contributed by atoms with Crippen LogP contribution >= 0.6 is 0 Å². The van der Waals surface area contributed by atoms with Crippen LogP contribution in [0, 0.1) is 0 Å². The number of amides is 1. The minimum absolute atomic E-state index is 0.0236. The average molecular weight is 340 g/mol. The lowest BCUT2D eigenvalue weighted by molar-refractivity contribution is 0.0587. The Kier molecular flexibility index (Phi) is 5.66. The van der Waals surface area contributed by atoms with Crippen molar-refractivity contribution in [2.45, 2.75) is 44.2 Å². The molecule has 2 N–H and O–H groups in total. The van der Waals surface area contributed by atoms with E-state index in [2.05, 4.69) is 4.98 Å². The number of aromatic nitrogens is 1. The van der Waals surface area contributed by atoms with Crippen molar-refractivity contribution in [1.29, 1.82) is 0 Å². The standard InChI is InChI=1S/C20H24N2O3/c23-18(15-7-3-1-4-8-15)14-17-9-5-2-6-12-22(17)20(25)16-10-11-21-19(24)13-16/h1,3-4,7-8,10-11,13,17-18,23H,2,5-6,9,12,14H2,(H,21,24)/t17-,18-/m0/s1. The third-order valence-corrected chi connectivity index (χ3v) is 4.84. The first-order valence-corrected chi connectivity index (χ1v) is 8.88. The molecule has 5 nitrogen and oxygen atoms in total. The van der Waals surface area contributed by atoms with E-state index >= 15 is 0 Å². The van der Waals surface area contributed by atoms with Crippen molar-refractivity contribution in [2.24, 2.45) is 0 Å². The normalized spacial score (nSPS) is 19.2. The summed E-state index contributed by atoms with van der Waals surface area (Å²) in [5.41, 5.74) is 1.00. The summed E-state index contributed by atoms with van der Waals surface area (Å²) in [5.74, 6) is -0.127. The molecular weight excluding hydrogens is 316 g/mol. The van der Waals surface area contributed by atoms with Crippen molar-refractivity contribution in [3.63, 3.8) is 0 Å². The van der Waals surface area contributed by atoms with Crippen LogP contribution in [0.4, 0.5) is 0 Å². The van der Waals surface area contributed by atoms with E-state index < -0.39 is 6.10 Å². The van der Waals surface area contributed by atoms with Crippen LogP contribution in [-0.4, -0.2) is 33.5 Å². The second-order valence-electron chi connectivity index (χ2n) is 6.61. The van der Waals surface area contributed by atoms with Crippen LogP contribution < -0.4 is 5.56 Å². The van der Waals surface area contributed by atoms with Gasteiger partial charge in [0.25, 0.3) is 5.91 Å². The fourth-order valence-electron chi connectivity index (χ4n) is 3.50. The van der Waals surface area contributed by atoms with Crippen LogP contribution in [0.3, 0.4) is 0 Å². The van der Waals surface area contributed by atoms with Gasteiger partial charge in [0.15, 0.2) is 0 Å². The highest BCUT2D eigenvalue weighted by Crippen LogP contribution is 2.27. The van der Waals surface area contributed by atoms with Gasteiger partial charge in [-0.2, -0.15) is 0 Å². The average Bonchev–Trinajstić information content (AvgIpc) is 2.87. The summed E-state index contributed by atoms with van der Waals surface area (Å²) in [6, 6.07) is 12.5. The molecular formula is C20H24N2O3. The fourth-order valence-corrected chi connectivity index (χ4v) is 3.50. The molecule has 25 heavy (non-hydrogen) atoms. The Balaban J connectivity index is 1.79. The molecule has 3 rings (SSSR count). The van der Waals surface area contributed by atoms with Crippen LogP contribution in [0.25, 0.3) is 0 Å². The Bertz CT molecular complexity index is 757. The number of nitrogens with one attached hydrogen (secondary N) is 1. The van der Waals surface area contributed by atoms with Crippen molar-refractivity contribution < 1.29 is 9.90 Å². The zero-order valence-electron chi connectivity index (χ0n) is 14.2. The smallest absolute Gasteiger partial charge is 0.254 e. The molecule has 0 saturated carbocycles. The van der Waals surface area contributed by atoms with Gasteiger partial charge in [-0.15, -0.1) is 0 Å². The van der Waals surface area contributed by atoms with Gasteiger partial charge in [-0.25, -0.2) is 0 Å². The molecule has 132 valence electrons. The van der Waals surface area contributed by atoms with E-state index in [0.29, 0.717) is 18.5 Å². The van der Waals surface area contributed by atoms with Crippen molar-refractivity contribution >= 4 is 5.91 Å². The predicted molar refractivity (Wildman–Crippen MR) is 96.4 cm³/mol. The Morgan fingerprint density at radius 1 is 1.20 bits per heavy atom. The molecule has 0 spiro atoms. The summed E-state index contributed by atoms with van der Waals surface area (Å²) >= 11 is 0. The Labute approximate surface area is 147 Å². The summed E-state index contributed by atoms with van der Waals surface area (Å²) in [4.78, 5) is 28.8. The molecule has 2 atom stereocenters. The second kappa shape index (κ2) is 8.12. The van der Waals surface area contributed by atoms with Gasteiger partial charge in [-0.05, 0) is 30.9 Å². The molecule has 1 aromatic carbocycles. The number of nitrogens with zero attached hydrogens (tertiary/aromatic N) is 1. The number of rotatable bonds is 4. The summed E-state index contributed by atoms with van der Waals surface area (Å²) in [7, 11) is 0. The quantitative estimate of drug-likeness (QED) is 0.899. The SMILES string of the molecule is O=C(c1cc[nH]c(=O)c1)N1CCCCC[C@H]1C[C@H](O)c1ccccc1. The van der Waals surface area contributed by atoms with Crippen molar-refractivity contribution in [2.75, 3.05) is 6.54 Å². The topological polar surface area (TPSA) is 73.4 Å². The summed E-state index contributed by atoms with van der Waals surface area (Å²) in [6.45, 7) is 0.664. The summed E-state index contributed by atoms with van der Waals surface area (Å²) < 4.78 is 0. The molecule has 1 fully saturated rings. The molecule has 5 heteroatoms. The third-order valence-electron chi connectivity index (χ3n) is 4.84. The van der Waals surface area contributed by atoms with Gasteiger partial charge < -0.3 is 15.0 Å². The zero-order valence-corrected chi connectivity index (χ0v) is 14.2. The number of benzene rings is 1. The second-order valence-corrected chi connectivity index (χ2v) is 6.61. The number of aliphatic hydroxyl groups excluding tert-OH is 1. The van der Waals surface area contributed by atoms with Gasteiger partial charge in [0.1, 0.15) is 0 Å². The molecule has 1 aliphatic rings. The van der Waals surface area contributed by atoms with Gasteiger partial charge in [-0.1, -0.05) is 43.2 Å². The highest BCUT2D eigenvalue weighted by atomic mass is 16.3. The Hall–Kier alpha value is -2.40. The molecule has 1 aromatic heterocycles. The van der Waals surface area contributed by atoms with Gasteiger partial charge in [0, 0.05) is 30.4 Å². The van der Waals surface area contributed by atoms with Crippen molar-refractivity contribution in [1.82, 2.24) is 9.88 Å². The maximum absolute atomic E-state index is 12.9. The van der Waals surface area contributed by atoms with Crippen molar-refractivity contribution in [3.05, 3.63) is 70.1 Å². The molecule has 0 bridgehead atoms. The maximum atomic E-state index is 12.9. The number of H-pyrrole nitrogens is 1. The molecule has 1 amide bonds. The van der Waals surface area contributed by atoms with Gasteiger partial charge >= 0.3 is 0 Å². The van der Waals surface area contributed by atoms with E-state index in [-0.39, 0.29) is 17.5 Å². The molecule has 0 radical (unpaired) electrons. The van der Waals surface area contributed by atoms with E-state index in [1.54, 1.807) is 6.07 Å². The number of aromatic amines is 1. The largest absolute Gasteiger partial charge is 0.388 e. The molecule has 2 heterocycles. The first-order chi connectivity index (χ1) is 12.1. The highest BCUT2D eigenvalue weighted by Gasteiger charge is 2.28. The maximum Gasteiger partial charge on any atom is 0.254 e. The number of aliphatic hydroxyl groups is 1. The van der Waals surface area contributed by atoms with E-state index in [9.17, 15) is 14.7 Å². The third kappa shape index (κ3) is 4.37.